The van der Waals surface area contributed by atoms with Crippen molar-refractivity contribution in [2.45, 2.75) is 84.2 Å². The van der Waals surface area contributed by atoms with Crippen LogP contribution in [-0.4, -0.2) is 34.6 Å². The Hall–Kier alpha value is -0.120. The SMILES string of the molecule is CC(O)CC(C)Oc1c(Br)cc(C(C)(C)c2cc(Br)c(OC(C)CC(C)O)c(Br)c2)cc1Br. The van der Waals surface area contributed by atoms with Crippen LogP contribution < -0.4 is 9.47 Å². The van der Waals surface area contributed by atoms with E-state index in [4.69, 9.17) is 9.47 Å². The molecule has 2 aromatic carbocycles. The lowest BCUT2D eigenvalue weighted by atomic mass is 9.78. The summed E-state index contributed by atoms with van der Waals surface area (Å²) in [5.41, 5.74) is 1.89. The average Bonchev–Trinajstić information content (AvgIpc) is 2.66. The number of hydrogen-bond acceptors (Lipinski definition) is 4. The molecule has 0 amide bonds. The van der Waals surface area contributed by atoms with Gasteiger partial charge in [-0.1, -0.05) is 13.8 Å². The number of aliphatic hydroxyl groups excluding tert-OH is 2. The molecule has 2 N–H and O–H groups in total. The van der Waals surface area contributed by atoms with Crippen LogP contribution in [0.1, 0.15) is 65.5 Å². The molecule has 0 bridgehead atoms. The minimum absolute atomic E-state index is 0.118. The zero-order valence-electron chi connectivity index (χ0n) is 19.8. The highest BCUT2D eigenvalue weighted by Crippen LogP contribution is 2.44. The van der Waals surface area contributed by atoms with Gasteiger partial charge in [-0.3, -0.25) is 0 Å². The van der Waals surface area contributed by atoms with Gasteiger partial charge in [-0.15, -0.1) is 0 Å². The number of rotatable bonds is 10. The standard InChI is InChI=1S/C25H32Br4O4/c1-13(30)7-15(3)32-23-19(26)9-17(10-20(23)27)25(5,6)18-11-21(28)24(22(29)12-18)33-16(4)8-14(2)31/h9-16,30-31H,7-8H2,1-6H3. The highest BCUT2D eigenvalue weighted by atomic mass is 79.9. The Morgan fingerprint density at radius 1 is 0.667 bits per heavy atom. The molecule has 0 aliphatic carbocycles. The van der Waals surface area contributed by atoms with Crippen molar-refractivity contribution in [1.82, 2.24) is 0 Å². The number of ether oxygens (including phenoxy) is 2. The van der Waals surface area contributed by atoms with Crippen LogP contribution >= 0.6 is 63.7 Å². The third-order valence-electron chi connectivity index (χ3n) is 5.42. The van der Waals surface area contributed by atoms with E-state index in [9.17, 15) is 10.2 Å². The molecule has 0 aromatic heterocycles. The third kappa shape index (κ3) is 7.94. The smallest absolute Gasteiger partial charge is 0.148 e. The molecule has 0 spiro atoms. The summed E-state index contributed by atoms with van der Waals surface area (Å²) >= 11 is 14.7. The van der Waals surface area contributed by atoms with Gasteiger partial charge >= 0.3 is 0 Å². The predicted octanol–water partition coefficient (Wildman–Crippen LogP) is 8.14. The molecule has 0 heterocycles. The average molecular weight is 716 g/mol. The third-order valence-corrected chi connectivity index (χ3v) is 7.78. The second kappa shape index (κ2) is 12.2. The van der Waals surface area contributed by atoms with Gasteiger partial charge in [0.15, 0.2) is 0 Å². The van der Waals surface area contributed by atoms with Gasteiger partial charge < -0.3 is 19.7 Å². The van der Waals surface area contributed by atoms with Crippen molar-refractivity contribution in [2.75, 3.05) is 0 Å². The van der Waals surface area contributed by atoms with Crippen molar-refractivity contribution in [3.63, 3.8) is 0 Å². The van der Waals surface area contributed by atoms with E-state index in [1.807, 2.05) is 13.8 Å². The number of aliphatic hydroxyl groups is 2. The minimum atomic E-state index is -0.422. The van der Waals surface area contributed by atoms with E-state index in [0.29, 0.717) is 12.8 Å². The molecule has 4 atom stereocenters. The first-order valence-corrected chi connectivity index (χ1v) is 14.1. The van der Waals surface area contributed by atoms with E-state index in [1.54, 1.807) is 13.8 Å². The van der Waals surface area contributed by atoms with Crippen molar-refractivity contribution in [1.29, 1.82) is 0 Å². The van der Waals surface area contributed by atoms with Crippen molar-refractivity contribution >= 4 is 63.7 Å². The van der Waals surface area contributed by atoms with Crippen LogP contribution in [0.2, 0.25) is 0 Å². The van der Waals surface area contributed by atoms with Gasteiger partial charge in [0.2, 0.25) is 0 Å². The minimum Gasteiger partial charge on any atom is -0.488 e. The summed E-state index contributed by atoms with van der Waals surface area (Å²) in [6, 6.07) is 8.30. The normalized spacial score (nSPS) is 15.6. The maximum Gasteiger partial charge on any atom is 0.148 e. The Balaban J connectivity index is 2.35. The van der Waals surface area contributed by atoms with Crippen LogP contribution in [0.4, 0.5) is 0 Å². The molecule has 0 aliphatic heterocycles. The fourth-order valence-electron chi connectivity index (χ4n) is 3.69. The molecule has 4 unspecified atom stereocenters. The summed E-state index contributed by atoms with van der Waals surface area (Å²) < 4.78 is 15.5. The first-order valence-electron chi connectivity index (χ1n) is 10.9. The van der Waals surface area contributed by atoms with E-state index in [1.165, 1.54) is 0 Å². The molecule has 184 valence electrons. The molecule has 0 radical (unpaired) electrons. The molecule has 0 aliphatic rings. The zero-order chi connectivity index (χ0) is 25.1. The van der Waals surface area contributed by atoms with E-state index in [2.05, 4.69) is 102 Å². The Morgan fingerprint density at radius 2 is 0.939 bits per heavy atom. The fraction of sp³-hybridized carbons (Fsp3) is 0.520. The van der Waals surface area contributed by atoms with Gasteiger partial charge in [-0.25, -0.2) is 0 Å². The Morgan fingerprint density at radius 3 is 1.18 bits per heavy atom. The van der Waals surface area contributed by atoms with E-state index in [-0.39, 0.29) is 17.6 Å². The molecule has 2 aromatic rings. The van der Waals surface area contributed by atoms with Gasteiger partial charge in [0, 0.05) is 18.3 Å². The summed E-state index contributed by atoms with van der Waals surface area (Å²) in [7, 11) is 0. The Bertz CT molecular complexity index is 838. The Kier molecular flexibility index (Phi) is 10.8. The van der Waals surface area contributed by atoms with Gasteiger partial charge in [0.25, 0.3) is 0 Å². The van der Waals surface area contributed by atoms with Crippen molar-refractivity contribution in [2.24, 2.45) is 0 Å². The van der Waals surface area contributed by atoms with Crippen LogP contribution in [0.25, 0.3) is 0 Å². The lowest BCUT2D eigenvalue weighted by Gasteiger charge is -2.29. The van der Waals surface area contributed by atoms with Crippen LogP contribution in [0.15, 0.2) is 42.2 Å². The van der Waals surface area contributed by atoms with Crippen molar-refractivity contribution in [3.05, 3.63) is 53.3 Å². The van der Waals surface area contributed by atoms with E-state index < -0.39 is 12.2 Å². The van der Waals surface area contributed by atoms with Gasteiger partial charge in [-0.05, 0) is 127 Å². The first kappa shape index (κ1) is 29.1. The number of benzene rings is 2. The van der Waals surface area contributed by atoms with Crippen LogP contribution in [-0.2, 0) is 5.41 Å². The second-order valence-electron chi connectivity index (χ2n) is 9.19. The van der Waals surface area contributed by atoms with Crippen LogP contribution in [0, 0.1) is 0 Å². The van der Waals surface area contributed by atoms with E-state index in [0.717, 1.165) is 40.5 Å². The highest BCUT2D eigenvalue weighted by Gasteiger charge is 2.28. The molecule has 33 heavy (non-hydrogen) atoms. The molecule has 0 saturated carbocycles. The number of halogens is 4. The maximum absolute atomic E-state index is 9.64. The summed E-state index contributed by atoms with van der Waals surface area (Å²) in [4.78, 5) is 0. The van der Waals surface area contributed by atoms with Gasteiger partial charge in [-0.2, -0.15) is 0 Å². The van der Waals surface area contributed by atoms with Gasteiger partial charge in [0.05, 0.1) is 42.3 Å². The predicted molar refractivity (Wildman–Crippen MR) is 149 cm³/mol. The molecule has 2 rings (SSSR count). The topological polar surface area (TPSA) is 58.9 Å². The molecular weight excluding hydrogens is 684 g/mol. The summed E-state index contributed by atoms with van der Waals surface area (Å²) in [5, 5.41) is 19.3. The second-order valence-corrected chi connectivity index (χ2v) is 12.6. The van der Waals surface area contributed by atoms with Crippen molar-refractivity contribution in [3.8, 4) is 11.5 Å². The van der Waals surface area contributed by atoms with Crippen LogP contribution in [0.5, 0.6) is 11.5 Å². The highest BCUT2D eigenvalue weighted by molar-refractivity contribution is 9.11. The first-order chi connectivity index (χ1) is 15.2. The zero-order valence-corrected chi connectivity index (χ0v) is 26.1. The molecule has 8 heteroatoms. The number of hydrogen-bond donors (Lipinski definition) is 2. The summed E-state index contributed by atoms with van der Waals surface area (Å²) in [6.07, 6.45) is 0.0279. The molecular formula is C25H32Br4O4. The molecule has 4 nitrogen and oxygen atoms in total. The molecule has 0 fully saturated rings. The Labute approximate surface area is 231 Å². The lowest BCUT2D eigenvalue weighted by Crippen LogP contribution is -2.21. The summed E-state index contributed by atoms with van der Waals surface area (Å²) in [6.45, 7) is 11.8. The lowest BCUT2D eigenvalue weighted by molar-refractivity contribution is 0.114. The quantitative estimate of drug-likeness (QED) is 0.261. The summed E-state index contributed by atoms with van der Waals surface area (Å²) in [5.74, 6) is 1.45. The monoisotopic (exact) mass is 712 g/mol. The van der Waals surface area contributed by atoms with Crippen LogP contribution in [0.3, 0.4) is 0 Å². The molecule has 0 saturated heterocycles. The van der Waals surface area contributed by atoms with E-state index >= 15 is 0 Å². The van der Waals surface area contributed by atoms with Crippen molar-refractivity contribution < 1.29 is 19.7 Å². The maximum atomic E-state index is 9.64. The fourth-order valence-corrected chi connectivity index (χ4v) is 6.44. The largest absolute Gasteiger partial charge is 0.488 e. The van der Waals surface area contributed by atoms with Gasteiger partial charge in [0.1, 0.15) is 11.5 Å².